The summed E-state index contributed by atoms with van der Waals surface area (Å²) in [7, 11) is 0. The molecule has 0 saturated carbocycles. The lowest BCUT2D eigenvalue weighted by molar-refractivity contribution is -0.122. The van der Waals surface area contributed by atoms with Crippen molar-refractivity contribution in [2.24, 2.45) is 5.73 Å². The second kappa shape index (κ2) is 12.0. The molecule has 3 N–H and O–H groups in total. The summed E-state index contributed by atoms with van der Waals surface area (Å²) in [5, 5.41) is 2.80. The van der Waals surface area contributed by atoms with Gasteiger partial charge in [0.1, 0.15) is 0 Å². The third-order valence-corrected chi connectivity index (χ3v) is 3.94. The van der Waals surface area contributed by atoms with Crippen molar-refractivity contribution in [3.63, 3.8) is 0 Å². The van der Waals surface area contributed by atoms with Crippen LogP contribution in [0.2, 0.25) is 0 Å². The van der Waals surface area contributed by atoms with Crippen LogP contribution >= 0.6 is 23.2 Å². The summed E-state index contributed by atoms with van der Waals surface area (Å²) in [5.74, 6) is 3.48. The molecule has 0 aliphatic rings. The Morgan fingerprint density at radius 1 is 1.25 bits per heavy atom. The van der Waals surface area contributed by atoms with E-state index in [2.05, 4.69) is 16.1 Å². The molecular weight excluding hydrogens is 345 g/mol. The first-order chi connectivity index (χ1) is 11.6. The second-order valence-electron chi connectivity index (χ2n) is 5.44. The smallest absolute Gasteiger partial charge is 0.237 e. The summed E-state index contributed by atoms with van der Waals surface area (Å²) in [6.45, 7) is 2.04. The quantitative estimate of drug-likeness (QED) is 0.357. The number of nitrogens with one attached hydrogen (secondary N) is 1. The van der Waals surface area contributed by atoms with Crippen LogP contribution < -0.4 is 16.0 Å². The predicted octanol–water partition coefficient (Wildman–Crippen LogP) is 2.37. The number of alkyl halides is 2. The van der Waals surface area contributed by atoms with Gasteiger partial charge in [-0.3, -0.25) is 4.79 Å². The molecule has 1 aromatic carbocycles. The highest BCUT2D eigenvalue weighted by Gasteiger charge is 2.14. The van der Waals surface area contributed by atoms with Gasteiger partial charge in [-0.25, -0.2) is 0 Å². The number of anilines is 1. The second-order valence-corrected chi connectivity index (χ2v) is 6.20. The zero-order chi connectivity index (χ0) is 17.8. The van der Waals surface area contributed by atoms with Crippen LogP contribution in [-0.2, 0) is 11.2 Å². The lowest BCUT2D eigenvalue weighted by Crippen LogP contribution is -2.42. The predicted molar refractivity (Wildman–Crippen MR) is 103 cm³/mol. The van der Waals surface area contributed by atoms with E-state index in [-0.39, 0.29) is 5.91 Å². The molecule has 1 aromatic rings. The third-order valence-electron chi connectivity index (χ3n) is 3.60. The number of terminal acetylenes is 1. The van der Waals surface area contributed by atoms with Gasteiger partial charge in [0, 0.05) is 43.5 Å². The molecule has 0 spiro atoms. The lowest BCUT2D eigenvalue weighted by Gasteiger charge is -2.23. The number of hydrogen-bond acceptors (Lipinski definition) is 3. The van der Waals surface area contributed by atoms with Crippen LogP contribution in [0.3, 0.4) is 0 Å². The Hall–Kier alpha value is -1.41. The van der Waals surface area contributed by atoms with Crippen molar-refractivity contribution in [3.8, 4) is 12.3 Å². The lowest BCUT2D eigenvalue weighted by atomic mass is 10.1. The average molecular weight is 370 g/mol. The van der Waals surface area contributed by atoms with Crippen LogP contribution in [0.25, 0.3) is 0 Å². The standard InChI is InChI=1S/C18H25Cl2N3O/c1-2-3-4-11-22-18(24)17(21)14-15-5-7-16(8-6-15)23(12-9-19)13-10-20/h1,5-8,17H,3-4,9-14,21H2,(H,22,24)/t17-/m0/s1. The first-order valence-corrected chi connectivity index (χ1v) is 9.11. The number of unbranched alkanes of at least 4 members (excludes halogenated alkanes) is 1. The molecule has 1 rings (SSSR count). The molecule has 0 aliphatic carbocycles. The van der Waals surface area contributed by atoms with Gasteiger partial charge in [0.05, 0.1) is 6.04 Å². The fraction of sp³-hybridized carbons (Fsp3) is 0.500. The van der Waals surface area contributed by atoms with Crippen molar-refractivity contribution in [2.75, 3.05) is 36.3 Å². The maximum atomic E-state index is 11.9. The molecule has 0 unspecified atom stereocenters. The minimum absolute atomic E-state index is 0.151. The molecule has 0 aliphatic heterocycles. The molecule has 24 heavy (non-hydrogen) atoms. The summed E-state index contributed by atoms with van der Waals surface area (Å²) < 4.78 is 0. The van der Waals surface area contributed by atoms with Crippen molar-refractivity contribution in [1.29, 1.82) is 0 Å². The highest BCUT2D eigenvalue weighted by Crippen LogP contribution is 2.16. The van der Waals surface area contributed by atoms with Gasteiger partial charge in [-0.1, -0.05) is 12.1 Å². The molecule has 0 radical (unpaired) electrons. The molecule has 0 fully saturated rings. The highest BCUT2D eigenvalue weighted by atomic mass is 35.5. The molecule has 0 aromatic heterocycles. The van der Waals surface area contributed by atoms with Crippen molar-refractivity contribution in [2.45, 2.75) is 25.3 Å². The van der Waals surface area contributed by atoms with Gasteiger partial charge in [0.2, 0.25) is 5.91 Å². The van der Waals surface area contributed by atoms with Crippen molar-refractivity contribution >= 4 is 34.8 Å². The van der Waals surface area contributed by atoms with E-state index in [1.54, 1.807) is 0 Å². The highest BCUT2D eigenvalue weighted by molar-refractivity contribution is 6.18. The number of amides is 1. The maximum absolute atomic E-state index is 11.9. The van der Waals surface area contributed by atoms with Crippen LogP contribution in [0.4, 0.5) is 5.69 Å². The minimum Gasteiger partial charge on any atom is -0.369 e. The molecule has 4 nitrogen and oxygen atoms in total. The summed E-state index contributed by atoms with van der Waals surface area (Å²) in [5.41, 5.74) is 8.04. The SMILES string of the molecule is C#CCCCNC(=O)[C@@H](N)Cc1ccc(N(CCCl)CCCl)cc1. The van der Waals surface area contributed by atoms with E-state index in [0.717, 1.165) is 30.8 Å². The summed E-state index contributed by atoms with van der Waals surface area (Å²) in [6, 6.07) is 7.41. The Morgan fingerprint density at radius 2 is 1.88 bits per heavy atom. The molecule has 132 valence electrons. The number of halogens is 2. The number of hydrogen-bond donors (Lipinski definition) is 2. The third kappa shape index (κ3) is 7.44. The summed E-state index contributed by atoms with van der Waals surface area (Å²) in [4.78, 5) is 14.1. The van der Waals surface area contributed by atoms with Crippen LogP contribution in [0.5, 0.6) is 0 Å². The van der Waals surface area contributed by atoms with Gasteiger partial charge in [-0.05, 0) is 30.5 Å². The Morgan fingerprint density at radius 3 is 2.42 bits per heavy atom. The first kappa shape index (κ1) is 20.6. The Balaban J connectivity index is 2.53. The summed E-state index contributed by atoms with van der Waals surface area (Å²) >= 11 is 11.6. The van der Waals surface area contributed by atoms with Crippen LogP contribution in [-0.4, -0.2) is 43.3 Å². The van der Waals surface area contributed by atoms with Crippen LogP contribution in [0.15, 0.2) is 24.3 Å². The number of nitrogens with two attached hydrogens (primary N) is 1. The Kier molecular flexibility index (Phi) is 10.3. The van der Waals surface area contributed by atoms with Gasteiger partial charge < -0.3 is 16.0 Å². The molecule has 0 saturated heterocycles. The zero-order valence-corrected chi connectivity index (χ0v) is 15.3. The molecular formula is C18H25Cl2N3O. The van der Waals surface area contributed by atoms with Gasteiger partial charge in [0.15, 0.2) is 0 Å². The van der Waals surface area contributed by atoms with Crippen LogP contribution in [0, 0.1) is 12.3 Å². The maximum Gasteiger partial charge on any atom is 0.237 e. The van der Waals surface area contributed by atoms with E-state index in [1.165, 1.54) is 0 Å². The molecule has 6 heteroatoms. The van der Waals surface area contributed by atoms with E-state index >= 15 is 0 Å². The zero-order valence-electron chi connectivity index (χ0n) is 13.8. The van der Waals surface area contributed by atoms with E-state index < -0.39 is 6.04 Å². The number of rotatable bonds is 11. The fourth-order valence-corrected chi connectivity index (χ4v) is 2.70. The topological polar surface area (TPSA) is 58.4 Å². The monoisotopic (exact) mass is 369 g/mol. The normalized spacial score (nSPS) is 11.6. The van der Waals surface area contributed by atoms with E-state index in [9.17, 15) is 4.79 Å². The van der Waals surface area contributed by atoms with Crippen LogP contribution in [0.1, 0.15) is 18.4 Å². The fourth-order valence-electron chi connectivity index (χ4n) is 2.30. The Labute approximate surface area is 154 Å². The van der Waals surface area contributed by atoms with Gasteiger partial charge >= 0.3 is 0 Å². The van der Waals surface area contributed by atoms with Crippen molar-refractivity contribution < 1.29 is 4.79 Å². The molecule has 0 heterocycles. The van der Waals surface area contributed by atoms with Gasteiger partial charge in [-0.15, -0.1) is 35.5 Å². The number of benzene rings is 1. The number of nitrogens with zero attached hydrogens (tertiary/aromatic N) is 1. The number of carbonyl (C=O) groups excluding carboxylic acids is 1. The molecule has 1 amide bonds. The Bertz CT molecular complexity index is 522. The van der Waals surface area contributed by atoms with Crippen molar-refractivity contribution in [3.05, 3.63) is 29.8 Å². The minimum atomic E-state index is -0.566. The molecule has 0 bridgehead atoms. The molecule has 1 atom stereocenters. The van der Waals surface area contributed by atoms with E-state index in [0.29, 0.717) is 31.1 Å². The largest absolute Gasteiger partial charge is 0.369 e. The van der Waals surface area contributed by atoms with Gasteiger partial charge in [0.25, 0.3) is 0 Å². The van der Waals surface area contributed by atoms with E-state index in [4.69, 9.17) is 35.4 Å². The number of carbonyl (C=O) groups is 1. The average Bonchev–Trinajstić information content (AvgIpc) is 2.59. The first-order valence-electron chi connectivity index (χ1n) is 8.05. The van der Waals surface area contributed by atoms with Crippen molar-refractivity contribution in [1.82, 2.24) is 5.32 Å². The van der Waals surface area contributed by atoms with Gasteiger partial charge in [-0.2, -0.15) is 0 Å². The van der Waals surface area contributed by atoms with E-state index in [1.807, 2.05) is 24.3 Å². The summed E-state index contributed by atoms with van der Waals surface area (Å²) in [6.07, 6.45) is 7.08.